The summed E-state index contributed by atoms with van der Waals surface area (Å²) < 4.78 is 1.86. The number of ketones is 1. The predicted octanol–water partition coefficient (Wildman–Crippen LogP) is 3.09. The number of carbonyl (C=O) groups excluding carboxylic acids is 1. The quantitative estimate of drug-likeness (QED) is 0.807. The van der Waals surface area contributed by atoms with Crippen LogP contribution < -0.4 is 0 Å². The fourth-order valence-electron chi connectivity index (χ4n) is 1.96. The van der Waals surface area contributed by atoms with E-state index in [0.717, 1.165) is 12.1 Å². The highest BCUT2D eigenvalue weighted by Crippen LogP contribution is 2.18. The Balaban J connectivity index is 2.27. The summed E-state index contributed by atoms with van der Waals surface area (Å²) in [7, 11) is 0. The molecule has 94 valence electrons. The van der Waals surface area contributed by atoms with Gasteiger partial charge in [-0.2, -0.15) is 5.10 Å². The lowest BCUT2D eigenvalue weighted by atomic mass is 10.0. The molecule has 0 unspecified atom stereocenters. The molecule has 1 heterocycles. The molecular weight excluding hydrogens is 224 g/mol. The molecule has 18 heavy (non-hydrogen) atoms. The predicted molar refractivity (Wildman–Crippen MR) is 71.9 cm³/mol. The van der Waals surface area contributed by atoms with Gasteiger partial charge in [0, 0.05) is 25.2 Å². The minimum atomic E-state index is 0.307. The maximum absolute atomic E-state index is 11.4. The van der Waals surface area contributed by atoms with Crippen molar-refractivity contribution in [2.45, 2.75) is 33.1 Å². The summed E-state index contributed by atoms with van der Waals surface area (Å²) in [5, 5.41) is 4.27. The average Bonchev–Trinajstić information content (AvgIpc) is 2.90. The first kappa shape index (κ1) is 12.6. The van der Waals surface area contributed by atoms with Gasteiger partial charge in [-0.05, 0) is 36.6 Å². The van der Waals surface area contributed by atoms with Crippen LogP contribution in [-0.4, -0.2) is 15.6 Å². The molecule has 0 aliphatic carbocycles. The minimum absolute atomic E-state index is 0.307. The van der Waals surface area contributed by atoms with Crippen molar-refractivity contribution in [1.82, 2.24) is 9.78 Å². The zero-order chi connectivity index (χ0) is 13.0. The van der Waals surface area contributed by atoms with Crippen molar-refractivity contribution in [3.05, 3.63) is 47.8 Å². The van der Waals surface area contributed by atoms with E-state index in [-0.39, 0.29) is 0 Å². The Morgan fingerprint density at radius 2 is 2.22 bits per heavy atom. The molecule has 0 saturated carbocycles. The van der Waals surface area contributed by atoms with E-state index < -0.39 is 0 Å². The molecule has 2 aromatic rings. The van der Waals surface area contributed by atoms with Crippen LogP contribution in [0.1, 0.15) is 30.9 Å². The molecule has 1 aromatic heterocycles. The van der Waals surface area contributed by atoms with Crippen molar-refractivity contribution >= 4 is 5.78 Å². The third-order valence-electron chi connectivity index (χ3n) is 3.06. The normalized spacial score (nSPS) is 10.6. The van der Waals surface area contributed by atoms with Gasteiger partial charge in [0.1, 0.15) is 5.78 Å². The number of Topliss-reactive ketones (excluding diaryl/α,β-unsaturated/α-hetero) is 1. The summed E-state index contributed by atoms with van der Waals surface area (Å²) in [6.45, 7) is 3.97. The van der Waals surface area contributed by atoms with Crippen molar-refractivity contribution < 1.29 is 4.79 Å². The molecule has 3 heteroatoms. The largest absolute Gasteiger partial charge is 0.300 e. The standard InChI is InChI=1S/C15H18N2O/c1-3-14(18)8-7-13-6-5-12(2)11-15(13)17-10-4-9-16-17/h4-6,9-11H,3,7-8H2,1-2H3. The second-order valence-electron chi connectivity index (χ2n) is 4.48. The van der Waals surface area contributed by atoms with Crippen molar-refractivity contribution in [1.29, 1.82) is 0 Å². The van der Waals surface area contributed by atoms with Crippen molar-refractivity contribution in [2.75, 3.05) is 0 Å². The van der Waals surface area contributed by atoms with Crippen molar-refractivity contribution in [3.63, 3.8) is 0 Å². The Labute approximate surface area is 107 Å². The molecule has 0 atom stereocenters. The lowest BCUT2D eigenvalue weighted by Gasteiger charge is -2.10. The summed E-state index contributed by atoms with van der Waals surface area (Å²) in [6.07, 6.45) is 5.70. The van der Waals surface area contributed by atoms with E-state index in [1.165, 1.54) is 11.1 Å². The van der Waals surface area contributed by atoms with Crippen LogP contribution >= 0.6 is 0 Å². The number of hydrogen-bond acceptors (Lipinski definition) is 2. The molecule has 1 aromatic carbocycles. The second-order valence-corrected chi connectivity index (χ2v) is 4.48. The monoisotopic (exact) mass is 242 g/mol. The second kappa shape index (κ2) is 5.63. The molecule has 2 rings (SSSR count). The van der Waals surface area contributed by atoms with Crippen molar-refractivity contribution in [2.24, 2.45) is 0 Å². The topological polar surface area (TPSA) is 34.9 Å². The smallest absolute Gasteiger partial charge is 0.132 e. The lowest BCUT2D eigenvalue weighted by molar-refractivity contribution is -0.118. The zero-order valence-electron chi connectivity index (χ0n) is 10.9. The molecular formula is C15H18N2O. The summed E-state index contributed by atoms with van der Waals surface area (Å²) in [6, 6.07) is 8.19. The van der Waals surface area contributed by atoms with E-state index in [1.54, 1.807) is 6.20 Å². The Morgan fingerprint density at radius 1 is 1.39 bits per heavy atom. The van der Waals surface area contributed by atoms with Crippen LogP contribution in [0.25, 0.3) is 5.69 Å². The number of aromatic nitrogens is 2. The number of nitrogens with zero attached hydrogens (tertiary/aromatic N) is 2. The highest BCUT2D eigenvalue weighted by atomic mass is 16.1. The van der Waals surface area contributed by atoms with Crippen LogP contribution in [0.15, 0.2) is 36.7 Å². The van der Waals surface area contributed by atoms with Gasteiger partial charge < -0.3 is 0 Å². The SMILES string of the molecule is CCC(=O)CCc1ccc(C)cc1-n1cccn1. The fraction of sp³-hybridized carbons (Fsp3) is 0.333. The van der Waals surface area contributed by atoms with Gasteiger partial charge in [0.2, 0.25) is 0 Å². The van der Waals surface area contributed by atoms with Gasteiger partial charge in [0.25, 0.3) is 0 Å². The van der Waals surface area contributed by atoms with Crippen LogP contribution in [-0.2, 0) is 11.2 Å². The number of benzene rings is 1. The van der Waals surface area contributed by atoms with Gasteiger partial charge >= 0.3 is 0 Å². The van der Waals surface area contributed by atoms with Gasteiger partial charge in [-0.15, -0.1) is 0 Å². The first-order valence-corrected chi connectivity index (χ1v) is 6.32. The first-order valence-electron chi connectivity index (χ1n) is 6.32. The first-order chi connectivity index (χ1) is 8.70. The summed E-state index contributed by atoms with van der Waals surface area (Å²) in [5.41, 5.74) is 3.45. The highest BCUT2D eigenvalue weighted by molar-refractivity contribution is 5.78. The molecule has 0 fully saturated rings. The van der Waals surface area contributed by atoms with Crippen LogP contribution in [0.4, 0.5) is 0 Å². The van der Waals surface area contributed by atoms with Crippen LogP contribution in [0, 0.1) is 6.92 Å². The van der Waals surface area contributed by atoms with Gasteiger partial charge in [-0.1, -0.05) is 19.1 Å². The molecule has 0 amide bonds. The number of aryl methyl sites for hydroxylation is 2. The zero-order valence-corrected chi connectivity index (χ0v) is 10.9. The Kier molecular flexibility index (Phi) is 3.92. The molecule has 3 nitrogen and oxygen atoms in total. The molecule has 0 bridgehead atoms. The van der Waals surface area contributed by atoms with E-state index in [1.807, 2.05) is 23.9 Å². The van der Waals surface area contributed by atoms with Crippen molar-refractivity contribution in [3.8, 4) is 5.69 Å². The molecule has 0 aliphatic rings. The number of hydrogen-bond donors (Lipinski definition) is 0. The van der Waals surface area contributed by atoms with Crippen LogP contribution in [0.3, 0.4) is 0 Å². The van der Waals surface area contributed by atoms with Crippen LogP contribution in [0.2, 0.25) is 0 Å². The Bertz CT molecular complexity index is 529. The van der Waals surface area contributed by atoms with Gasteiger partial charge in [0.05, 0.1) is 5.69 Å². The molecule has 0 saturated heterocycles. The van der Waals surface area contributed by atoms with E-state index in [9.17, 15) is 4.79 Å². The van der Waals surface area contributed by atoms with Crippen LogP contribution in [0.5, 0.6) is 0 Å². The van der Waals surface area contributed by atoms with E-state index in [4.69, 9.17) is 0 Å². The number of rotatable bonds is 5. The van der Waals surface area contributed by atoms with Gasteiger partial charge in [-0.25, -0.2) is 4.68 Å². The van der Waals surface area contributed by atoms with Gasteiger partial charge in [-0.3, -0.25) is 4.79 Å². The fourth-order valence-corrected chi connectivity index (χ4v) is 1.96. The van der Waals surface area contributed by atoms with E-state index in [2.05, 4.69) is 30.2 Å². The summed E-state index contributed by atoms with van der Waals surface area (Å²) in [5.74, 6) is 0.307. The molecule has 0 spiro atoms. The van der Waals surface area contributed by atoms with Gasteiger partial charge in [0.15, 0.2) is 0 Å². The number of carbonyl (C=O) groups is 1. The van der Waals surface area contributed by atoms with E-state index in [0.29, 0.717) is 18.6 Å². The third kappa shape index (κ3) is 2.86. The Morgan fingerprint density at radius 3 is 2.89 bits per heavy atom. The molecule has 0 aliphatic heterocycles. The maximum Gasteiger partial charge on any atom is 0.132 e. The van der Waals surface area contributed by atoms with E-state index >= 15 is 0 Å². The summed E-state index contributed by atoms with van der Waals surface area (Å²) >= 11 is 0. The third-order valence-corrected chi connectivity index (χ3v) is 3.06. The molecule has 0 radical (unpaired) electrons. The maximum atomic E-state index is 11.4. The molecule has 0 N–H and O–H groups in total. The average molecular weight is 242 g/mol. The summed E-state index contributed by atoms with van der Waals surface area (Å²) in [4.78, 5) is 11.4. The highest BCUT2D eigenvalue weighted by Gasteiger charge is 2.07. The minimum Gasteiger partial charge on any atom is -0.300 e. The Hall–Kier alpha value is -1.90. The lowest BCUT2D eigenvalue weighted by Crippen LogP contribution is -2.04.